The van der Waals surface area contributed by atoms with Crippen molar-refractivity contribution in [2.75, 3.05) is 0 Å². The Morgan fingerprint density at radius 2 is 1.74 bits per heavy atom. The fourth-order valence-electron chi connectivity index (χ4n) is 2.88. The number of hydrogen-bond acceptors (Lipinski definition) is 3. The smallest absolute Gasteiger partial charge is 0.252 e. The number of carbonyl (C=O) groups is 1. The predicted molar refractivity (Wildman–Crippen MR) is 103 cm³/mol. The lowest BCUT2D eigenvalue weighted by Crippen LogP contribution is -2.23. The highest BCUT2D eigenvalue weighted by molar-refractivity contribution is 6.06. The van der Waals surface area contributed by atoms with Crippen molar-refractivity contribution in [1.29, 1.82) is 0 Å². The van der Waals surface area contributed by atoms with Gasteiger partial charge in [-0.3, -0.25) is 4.79 Å². The molecule has 5 heteroatoms. The number of halogens is 1. The number of rotatable bonds is 4. The molecule has 0 saturated heterocycles. The lowest BCUT2D eigenvalue weighted by molar-refractivity contribution is 0.0952. The average Bonchev–Trinajstić information content (AvgIpc) is 2.73. The van der Waals surface area contributed by atoms with Crippen LogP contribution in [0.4, 0.5) is 4.39 Å². The van der Waals surface area contributed by atoms with Gasteiger partial charge in [0.05, 0.1) is 11.3 Å². The van der Waals surface area contributed by atoms with Gasteiger partial charge in [0.1, 0.15) is 5.82 Å². The van der Waals surface area contributed by atoms with Gasteiger partial charge in [-0.2, -0.15) is 0 Å². The molecular weight excluding hydrogens is 341 g/mol. The van der Waals surface area contributed by atoms with Crippen molar-refractivity contribution in [3.05, 3.63) is 95.9 Å². The van der Waals surface area contributed by atoms with E-state index < -0.39 is 0 Å². The number of fused-ring (bicyclic) bond motifs is 1. The molecule has 0 bridgehead atoms. The van der Waals surface area contributed by atoms with Gasteiger partial charge in [0.2, 0.25) is 0 Å². The van der Waals surface area contributed by atoms with Crippen molar-refractivity contribution < 1.29 is 9.18 Å². The first kappa shape index (κ1) is 16.8. The molecule has 0 aliphatic rings. The van der Waals surface area contributed by atoms with Gasteiger partial charge < -0.3 is 5.32 Å². The van der Waals surface area contributed by atoms with Gasteiger partial charge >= 0.3 is 0 Å². The lowest BCUT2D eigenvalue weighted by atomic mass is 10.1. The van der Waals surface area contributed by atoms with Crippen molar-refractivity contribution in [1.82, 2.24) is 15.3 Å². The summed E-state index contributed by atoms with van der Waals surface area (Å²) in [6.07, 6.45) is 1.66. The van der Waals surface area contributed by atoms with Gasteiger partial charge in [0.15, 0.2) is 5.65 Å². The molecule has 0 radical (unpaired) electrons. The summed E-state index contributed by atoms with van der Waals surface area (Å²) in [5.74, 6) is -0.527. The summed E-state index contributed by atoms with van der Waals surface area (Å²) in [4.78, 5) is 21.7. The van der Waals surface area contributed by atoms with Crippen molar-refractivity contribution in [2.24, 2.45) is 0 Å². The summed E-state index contributed by atoms with van der Waals surface area (Å²) < 4.78 is 13.0. The van der Waals surface area contributed by atoms with Crippen LogP contribution in [0.15, 0.2) is 79.0 Å². The SMILES string of the molecule is O=C(NCc1ccc(F)cc1)c1cc(-c2ccccc2)nc2ncccc12. The zero-order valence-corrected chi connectivity index (χ0v) is 14.4. The van der Waals surface area contributed by atoms with E-state index in [0.29, 0.717) is 28.8 Å². The summed E-state index contributed by atoms with van der Waals surface area (Å²) in [6, 6.07) is 21.1. The van der Waals surface area contributed by atoms with Crippen LogP contribution in [-0.2, 0) is 6.54 Å². The summed E-state index contributed by atoms with van der Waals surface area (Å²) in [5, 5.41) is 3.58. The van der Waals surface area contributed by atoms with Crippen LogP contribution >= 0.6 is 0 Å². The molecule has 2 heterocycles. The Kier molecular flexibility index (Phi) is 4.58. The van der Waals surface area contributed by atoms with Gasteiger partial charge in [0.25, 0.3) is 5.91 Å². The predicted octanol–water partition coefficient (Wildman–Crippen LogP) is 4.37. The maximum absolute atomic E-state index is 13.0. The van der Waals surface area contributed by atoms with Crippen LogP contribution in [0, 0.1) is 5.82 Å². The topological polar surface area (TPSA) is 54.9 Å². The number of benzene rings is 2. The minimum Gasteiger partial charge on any atom is -0.348 e. The zero-order valence-electron chi connectivity index (χ0n) is 14.4. The zero-order chi connectivity index (χ0) is 18.6. The third-order valence-electron chi connectivity index (χ3n) is 4.26. The van der Waals surface area contributed by atoms with E-state index in [1.54, 1.807) is 30.5 Å². The highest BCUT2D eigenvalue weighted by Crippen LogP contribution is 2.23. The molecule has 1 N–H and O–H groups in total. The quantitative estimate of drug-likeness (QED) is 0.590. The van der Waals surface area contributed by atoms with Crippen LogP contribution in [0.25, 0.3) is 22.3 Å². The monoisotopic (exact) mass is 357 g/mol. The minimum atomic E-state index is -0.302. The van der Waals surface area contributed by atoms with E-state index in [1.165, 1.54) is 12.1 Å². The minimum absolute atomic E-state index is 0.225. The number of nitrogens with zero attached hydrogens (tertiary/aromatic N) is 2. The molecule has 0 aliphatic carbocycles. The van der Waals surface area contributed by atoms with E-state index in [0.717, 1.165) is 11.1 Å². The average molecular weight is 357 g/mol. The van der Waals surface area contributed by atoms with Crippen molar-refractivity contribution in [3.63, 3.8) is 0 Å². The number of hydrogen-bond donors (Lipinski definition) is 1. The molecule has 0 saturated carbocycles. The Labute approximate surface area is 155 Å². The number of pyridine rings is 2. The summed E-state index contributed by atoms with van der Waals surface area (Å²) in [6.45, 7) is 0.309. The van der Waals surface area contributed by atoms with Crippen LogP contribution in [0.2, 0.25) is 0 Å². The highest BCUT2D eigenvalue weighted by atomic mass is 19.1. The largest absolute Gasteiger partial charge is 0.348 e. The van der Waals surface area contributed by atoms with Crippen LogP contribution in [0.1, 0.15) is 15.9 Å². The second-order valence-corrected chi connectivity index (χ2v) is 6.10. The standard InChI is InChI=1S/C22H16FN3O/c23-17-10-8-15(9-11-17)14-25-22(27)19-13-20(16-5-2-1-3-6-16)26-21-18(19)7-4-12-24-21/h1-13H,14H2,(H,25,27). The van der Waals surface area contributed by atoms with E-state index in [4.69, 9.17) is 0 Å². The maximum Gasteiger partial charge on any atom is 0.252 e. The second kappa shape index (κ2) is 7.33. The molecular formula is C22H16FN3O. The van der Waals surface area contributed by atoms with Gasteiger partial charge in [-0.05, 0) is 35.9 Å². The first-order chi connectivity index (χ1) is 13.2. The molecule has 27 heavy (non-hydrogen) atoms. The molecule has 2 aromatic carbocycles. The fourth-order valence-corrected chi connectivity index (χ4v) is 2.88. The molecule has 4 rings (SSSR count). The third kappa shape index (κ3) is 3.67. The van der Waals surface area contributed by atoms with Crippen LogP contribution in [0.3, 0.4) is 0 Å². The summed E-state index contributed by atoms with van der Waals surface area (Å²) >= 11 is 0. The summed E-state index contributed by atoms with van der Waals surface area (Å²) in [7, 11) is 0. The Balaban J connectivity index is 1.69. The third-order valence-corrected chi connectivity index (χ3v) is 4.26. The summed E-state index contributed by atoms with van der Waals surface area (Å²) in [5.41, 5.74) is 3.45. The van der Waals surface area contributed by atoms with Gasteiger partial charge in [-0.1, -0.05) is 42.5 Å². The molecule has 0 fully saturated rings. The Hall–Kier alpha value is -3.60. The van der Waals surface area contributed by atoms with Crippen LogP contribution in [0.5, 0.6) is 0 Å². The molecule has 4 aromatic rings. The van der Waals surface area contributed by atoms with E-state index in [-0.39, 0.29) is 11.7 Å². The maximum atomic E-state index is 13.0. The molecule has 0 aliphatic heterocycles. The number of aromatic nitrogens is 2. The molecule has 2 aromatic heterocycles. The fraction of sp³-hybridized carbons (Fsp3) is 0.0455. The van der Waals surface area contributed by atoms with Crippen LogP contribution < -0.4 is 5.32 Å². The molecule has 132 valence electrons. The number of carbonyl (C=O) groups excluding carboxylic acids is 1. The van der Waals surface area contributed by atoms with E-state index in [1.807, 2.05) is 36.4 Å². The molecule has 4 nitrogen and oxygen atoms in total. The van der Waals surface area contributed by atoms with Crippen LogP contribution in [-0.4, -0.2) is 15.9 Å². The first-order valence-corrected chi connectivity index (χ1v) is 8.54. The van der Waals surface area contributed by atoms with Crippen molar-refractivity contribution >= 4 is 16.9 Å². The van der Waals surface area contributed by atoms with Gasteiger partial charge in [0, 0.05) is 23.7 Å². The Morgan fingerprint density at radius 1 is 0.963 bits per heavy atom. The van der Waals surface area contributed by atoms with Crippen molar-refractivity contribution in [2.45, 2.75) is 6.54 Å². The normalized spacial score (nSPS) is 10.7. The van der Waals surface area contributed by atoms with E-state index >= 15 is 0 Å². The molecule has 1 amide bonds. The first-order valence-electron chi connectivity index (χ1n) is 8.54. The second-order valence-electron chi connectivity index (χ2n) is 6.10. The highest BCUT2D eigenvalue weighted by Gasteiger charge is 2.14. The van der Waals surface area contributed by atoms with Crippen molar-refractivity contribution in [3.8, 4) is 11.3 Å². The van der Waals surface area contributed by atoms with Gasteiger partial charge in [-0.15, -0.1) is 0 Å². The Bertz CT molecular complexity index is 1100. The van der Waals surface area contributed by atoms with Gasteiger partial charge in [-0.25, -0.2) is 14.4 Å². The Morgan fingerprint density at radius 3 is 2.52 bits per heavy atom. The molecule has 0 atom stereocenters. The van der Waals surface area contributed by atoms with E-state index in [2.05, 4.69) is 15.3 Å². The number of nitrogens with one attached hydrogen (secondary N) is 1. The van der Waals surface area contributed by atoms with E-state index in [9.17, 15) is 9.18 Å². The molecule has 0 spiro atoms. The molecule has 0 unspecified atom stereocenters. The lowest BCUT2D eigenvalue weighted by Gasteiger charge is -2.10. The number of amides is 1.